The summed E-state index contributed by atoms with van der Waals surface area (Å²) in [6, 6.07) is 0.696. The first-order valence-corrected chi connectivity index (χ1v) is 13.2. The van der Waals surface area contributed by atoms with E-state index in [0.29, 0.717) is 6.04 Å². The molecule has 0 aromatic heterocycles. The van der Waals surface area contributed by atoms with Gasteiger partial charge in [0.05, 0.1) is 0 Å². The van der Waals surface area contributed by atoms with Crippen molar-refractivity contribution in [2.75, 3.05) is 19.6 Å². The minimum absolute atomic E-state index is 0.696. The maximum absolute atomic E-state index is 2.63. The molecule has 170 valence electrons. The smallest absolute Gasteiger partial charge is 0.0217 e. The third-order valence-electron chi connectivity index (χ3n) is 6.28. The Kier molecular flexibility index (Phi) is 21.6. The molecule has 28 heavy (non-hydrogen) atoms. The van der Waals surface area contributed by atoms with E-state index in [9.17, 15) is 0 Å². The van der Waals surface area contributed by atoms with E-state index in [1.807, 2.05) is 0 Å². The number of nitrogens with zero attached hydrogens (tertiary/aromatic N) is 2. The van der Waals surface area contributed by atoms with E-state index in [2.05, 4.69) is 44.6 Å². The van der Waals surface area contributed by atoms with Crippen molar-refractivity contribution in [1.29, 1.82) is 0 Å². The highest BCUT2D eigenvalue weighted by molar-refractivity contribution is 4.66. The fraction of sp³-hybridized carbons (Fsp3) is 1.00. The van der Waals surface area contributed by atoms with Crippen molar-refractivity contribution in [2.45, 2.75) is 150 Å². The standard InChI is InChI=1S/C26H56N2/c1-6-10-11-12-13-14-15-16-17-18-19-20-21-22-23-24-26(5)28(25-7-2)27(8-3)9-4/h26H,6-25H2,1-5H3. The first kappa shape index (κ1) is 27.9. The van der Waals surface area contributed by atoms with Crippen molar-refractivity contribution in [3.8, 4) is 0 Å². The van der Waals surface area contributed by atoms with E-state index in [-0.39, 0.29) is 0 Å². The lowest BCUT2D eigenvalue weighted by molar-refractivity contribution is -0.0511. The maximum atomic E-state index is 2.63. The second kappa shape index (κ2) is 21.6. The van der Waals surface area contributed by atoms with Gasteiger partial charge in [-0.15, -0.1) is 0 Å². The molecule has 0 aliphatic carbocycles. The lowest BCUT2D eigenvalue weighted by atomic mass is 10.0. The molecule has 0 saturated carbocycles. The Morgan fingerprint density at radius 1 is 0.500 bits per heavy atom. The van der Waals surface area contributed by atoms with Gasteiger partial charge >= 0.3 is 0 Å². The number of hydrogen-bond acceptors (Lipinski definition) is 2. The molecule has 0 fully saturated rings. The molecule has 0 aliphatic heterocycles. The van der Waals surface area contributed by atoms with Crippen LogP contribution in [0.3, 0.4) is 0 Å². The van der Waals surface area contributed by atoms with Crippen LogP contribution in [0.15, 0.2) is 0 Å². The van der Waals surface area contributed by atoms with Gasteiger partial charge < -0.3 is 0 Å². The molecule has 2 heteroatoms. The predicted molar refractivity (Wildman–Crippen MR) is 129 cm³/mol. The number of rotatable bonds is 22. The Labute approximate surface area is 179 Å². The third-order valence-corrected chi connectivity index (χ3v) is 6.28. The van der Waals surface area contributed by atoms with Gasteiger partial charge in [-0.3, -0.25) is 0 Å². The predicted octanol–water partition coefficient (Wildman–Crippen LogP) is 8.61. The molecule has 1 unspecified atom stereocenters. The van der Waals surface area contributed by atoms with Crippen molar-refractivity contribution in [1.82, 2.24) is 10.0 Å². The van der Waals surface area contributed by atoms with Crippen LogP contribution in [0.4, 0.5) is 0 Å². The summed E-state index contributed by atoms with van der Waals surface area (Å²) in [5, 5.41) is 5.16. The lowest BCUT2D eigenvalue weighted by Gasteiger charge is -2.38. The maximum Gasteiger partial charge on any atom is 0.0217 e. The molecular formula is C26H56N2. The average Bonchev–Trinajstić information content (AvgIpc) is 2.71. The minimum Gasteiger partial charge on any atom is -0.242 e. The summed E-state index contributed by atoms with van der Waals surface area (Å²) in [5.74, 6) is 0. The molecule has 0 rings (SSSR count). The highest BCUT2D eigenvalue weighted by Gasteiger charge is 2.17. The summed E-state index contributed by atoms with van der Waals surface area (Å²) in [5.41, 5.74) is 0. The third kappa shape index (κ3) is 15.8. The minimum atomic E-state index is 0.696. The number of hydrogen-bond donors (Lipinski definition) is 0. The Balaban J connectivity index is 3.48. The van der Waals surface area contributed by atoms with Crippen LogP contribution in [-0.4, -0.2) is 35.7 Å². The van der Waals surface area contributed by atoms with Crippen LogP contribution in [0.1, 0.15) is 144 Å². The number of unbranched alkanes of at least 4 members (excludes halogenated alkanes) is 14. The van der Waals surface area contributed by atoms with E-state index < -0.39 is 0 Å². The molecule has 0 aliphatic rings. The van der Waals surface area contributed by atoms with E-state index in [4.69, 9.17) is 0 Å². The van der Waals surface area contributed by atoms with Crippen molar-refractivity contribution >= 4 is 0 Å². The molecule has 2 nitrogen and oxygen atoms in total. The zero-order valence-corrected chi connectivity index (χ0v) is 20.6. The van der Waals surface area contributed by atoms with Gasteiger partial charge in [-0.25, -0.2) is 10.0 Å². The Morgan fingerprint density at radius 2 is 0.893 bits per heavy atom. The van der Waals surface area contributed by atoms with Crippen LogP contribution in [0.5, 0.6) is 0 Å². The van der Waals surface area contributed by atoms with Crippen LogP contribution in [0.2, 0.25) is 0 Å². The second-order valence-corrected chi connectivity index (χ2v) is 8.89. The van der Waals surface area contributed by atoms with E-state index in [0.717, 1.165) is 13.1 Å². The normalized spacial score (nSPS) is 13.0. The van der Waals surface area contributed by atoms with Crippen molar-refractivity contribution in [3.63, 3.8) is 0 Å². The van der Waals surface area contributed by atoms with Gasteiger partial charge in [-0.2, -0.15) is 0 Å². The molecular weight excluding hydrogens is 340 g/mol. The van der Waals surface area contributed by atoms with Gasteiger partial charge in [0.1, 0.15) is 0 Å². The monoisotopic (exact) mass is 396 g/mol. The lowest BCUT2D eigenvalue weighted by Crippen LogP contribution is -2.48. The van der Waals surface area contributed by atoms with Crippen LogP contribution in [0, 0.1) is 0 Å². The average molecular weight is 397 g/mol. The summed E-state index contributed by atoms with van der Waals surface area (Å²) in [6.45, 7) is 15.1. The molecule has 0 radical (unpaired) electrons. The molecule has 1 atom stereocenters. The summed E-state index contributed by atoms with van der Waals surface area (Å²) in [6.07, 6.45) is 24.4. The van der Waals surface area contributed by atoms with Gasteiger partial charge in [0.25, 0.3) is 0 Å². The zero-order valence-electron chi connectivity index (χ0n) is 20.6. The van der Waals surface area contributed by atoms with Crippen molar-refractivity contribution in [2.24, 2.45) is 0 Å². The Hall–Kier alpha value is -0.0800. The Bertz CT molecular complexity index is 288. The quantitative estimate of drug-likeness (QED) is 0.133. The fourth-order valence-corrected chi connectivity index (χ4v) is 4.42. The van der Waals surface area contributed by atoms with Crippen LogP contribution in [-0.2, 0) is 0 Å². The molecule has 0 bridgehead atoms. The van der Waals surface area contributed by atoms with Crippen molar-refractivity contribution < 1.29 is 0 Å². The van der Waals surface area contributed by atoms with Gasteiger partial charge in [0.15, 0.2) is 0 Å². The second-order valence-electron chi connectivity index (χ2n) is 8.89. The molecule has 0 N–H and O–H groups in total. The Morgan fingerprint density at radius 3 is 1.25 bits per heavy atom. The van der Waals surface area contributed by atoms with Crippen LogP contribution < -0.4 is 0 Å². The van der Waals surface area contributed by atoms with E-state index in [1.165, 1.54) is 116 Å². The number of hydrazine groups is 1. The molecule has 0 spiro atoms. The van der Waals surface area contributed by atoms with Crippen molar-refractivity contribution in [3.05, 3.63) is 0 Å². The van der Waals surface area contributed by atoms with Crippen LogP contribution >= 0.6 is 0 Å². The SMILES string of the molecule is CCCCCCCCCCCCCCCCCC(C)N(CCC)N(CC)CC. The summed E-state index contributed by atoms with van der Waals surface area (Å²) < 4.78 is 0. The fourth-order valence-electron chi connectivity index (χ4n) is 4.42. The van der Waals surface area contributed by atoms with Gasteiger partial charge in [0.2, 0.25) is 0 Å². The topological polar surface area (TPSA) is 6.48 Å². The molecule has 0 amide bonds. The van der Waals surface area contributed by atoms with Gasteiger partial charge in [-0.1, -0.05) is 124 Å². The summed E-state index contributed by atoms with van der Waals surface area (Å²) in [7, 11) is 0. The zero-order chi connectivity index (χ0) is 20.9. The molecule has 0 aromatic carbocycles. The molecule has 0 aromatic rings. The molecule has 0 saturated heterocycles. The van der Waals surface area contributed by atoms with E-state index >= 15 is 0 Å². The highest BCUT2D eigenvalue weighted by atomic mass is 15.6. The molecule has 0 heterocycles. The summed E-state index contributed by atoms with van der Waals surface area (Å²) in [4.78, 5) is 0. The summed E-state index contributed by atoms with van der Waals surface area (Å²) >= 11 is 0. The van der Waals surface area contributed by atoms with Gasteiger partial charge in [0, 0.05) is 25.7 Å². The first-order chi connectivity index (χ1) is 13.7. The largest absolute Gasteiger partial charge is 0.242 e. The first-order valence-electron chi connectivity index (χ1n) is 13.2. The van der Waals surface area contributed by atoms with E-state index in [1.54, 1.807) is 0 Å². The highest BCUT2D eigenvalue weighted by Crippen LogP contribution is 2.16. The van der Waals surface area contributed by atoms with Crippen LogP contribution in [0.25, 0.3) is 0 Å². The van der Waals surface area contributed by atoms with Gasteiger partial charge in [-0.05, 0) is 19.8 Å².